The number of nitrogen functional groups attached to an aromatic ring is 1. The number of sulfonamides is 1. The van der Waals surface area contributed by atoms with Crippen LogP contribution in [0.1, 0.15) is 20.3 Å². The third kappa shape index (κ3) is 5.10. The van der Waals surface area contributed by atoms with Crippen molar-refractivity contribution >= 4 is 31.6 Å². The maximum Gasteiger partial charge on any atom is 0.241 e. The molecule has 0 amide bonds. The van der Waals surface area contributed by atoms with E-state index in [-0.39, 0.29) is 11.4 Å². The maximum absolute atomic E-state index is 12.1. The first-order chi connectivity index (χ1) is 8.72. The summed E-state index contributed by atoms with van der Waals surface area (Å²) in [5, 5.41) is 9.68. The minimum atomic E-state index is -3.65. The normalized spacial score (nSPS) is 13.7. The Morgan fingerprint density at radius 1 is 1.42 bits per heavy atom. The van der Waals surface area contributed by atoms with E-state index in [0.717, 1.165) is 0 Å². The van der Waals surface area contributed by atoms with Crippen molar-refractivity contribution in [2.45, 2.75) is 31.3 Å². The zero-order valence-electron chi connectivity index (χ0n) is 10.9. The number of aliphatic hydroxyl groups is 1. The predicted octanol–water partition coefficient (Wildman–Crippen LogP) is 1.72. The van der Waals surface area contributed by atoms with Crippen molar-refractivity contribution in [3.63, 3.8) is 0 Å². The molecule has 5 nitrogen and oxygen atoms in total. The van der Waals surface area contributed by atoms with Crippen molar-refractivity contribution in [3.05, 3.63) is 22.7 Å². The van der Waals surface area contributed by atoms with E-state index >= 15 is 0 Å². The molecule has 4 N–H and O–H groups in total. The summed E-state index contributed by atoms with van der Waals surface area (Å²) in [6.45, 7) is 3.93. The van der Waals surface area contributed by atoms with Crippen molar-refractivity contribution in [1.82, 2.24) is 4.72 Å². The first kappa shape index (κ1) is 16.4. The molecule has 108 valence electrons. The van der Waals surface area contributed by atoms with Gasteiger partial charge in [-0.2, -0.15) is 0 Å². The van der Waals surface area contributed by atoms with Crippen LogP contribution >= 0.6 is 15.9 Å². The van der Waals surface area contributed by atoms with Crippen LogP contribution in [0.25, 0.3) is 0 Å². The van der Waals surface area contributed by atoms with Crippen LogP contribution in [-0.4, -0.2) is 26.2 Å². The molecule has 1 rings (SSSR count). The van der Waals surface area contributed by atoms with Gasteiger partial charge in [-0.1, -0.05) is 13.8 Å². The molecule has 0 radical (unpaired) electrons. The number of aliphatic hydroxyl groups excluding tert-OH is 1. The molecule has 0 spiro atoms. The number of halogens is 1. The van der Waals surface area contributed by atoms with E-state index in [2.05, 4.69) is 20.7 Å². The molecular formula is C12H19BrN2O3S. The van der Waals surface area contributed by atoms with E-state index in [4.69, 9.17) is 5.73 Å². The van der Waals surface area contributed by atoms with Gasteiger partial charge in [0.05, 0.1) is 11.0 Å². The lowest BCUT2D eigenvalue weighted by Crippen LogP contribution is -2.33. The minimum absolute atomic E-state index is 0.00265. The number of hydrogen-bond donors (Lipinski definition) is 3. The second kappa shape index (κ2) is 6.69. The van der Waals surface area contributed by atoms with Crippen LogP contribution in [0.4, 0.5) is 5.69 Å². The lowest BCUT2D eigenvalue weighted by Gasteiger charge is -2.14. The molecule has 0 saturated heterocycles. The first-order valence-electron chi connectivity index (χ1n) is 5.95. The third-order valence-electron chi connectivity index (χ3n) is 2.50. The molecule has 1 aromatic rings. The fourth-order valence-electron chi connectivity index (χ4n) is 1.65. The largest absolute Gasteiger partial charge is 0.399 e. The van der Waals surface area contributed by atoms with Crippen molar-refractivity contribution in [2.24, 2.45) is 5.92 Å². The number of benzene rings is 1. The van der Waals surface area contributed by atoms with Gasteiger partial charge in [-0.25, -0.2) is 13.1 Å². The molecule has 0 aliphatic rings. The third-order valence-corrected chi connectivity index (χ3v) is 4.90. The molecule has 1 aromatic carbocycles. The monoisotopic (exact) mass is 350 g/mol. The van der Waals surface area contributed by atoms with E-state index in [1.54, 1.807) is 0 Å². The van der Waals surface area contributed by atoms with Crippen LogP contribution in [-0.2, 0) is 10.0 Å². The Morgan fingerprint density at radius 3 is 2.58 bits per heavy atom. The van der Waals surface area contributed by atoms with E-state index in [1.807, 2.05) is 13.8 Å². The Bertz CT molecular complexity index is 532. The second-order valence-electron chi connectivity index (χ2n) is 4.83. The fraction of sp³-hybridized carbons (Fsp3) is 0.500. The molecule has 7 heteroatoms. The van der Waals surface area contributed by atoms with Crippen LogP contribution in [0.3, 0.4) is 0 Å². The van der Waals surface area contributed by atoms with Gasteiger partial charge < -0.3 is 10.8 Å². The quantitative estimate of drug-likeness (QED) is 0.681. The molecule has 0 bridgehead atoms. The van der Waals surface area contributed by atoms with Crippen molar-refractivity contribution in [2.75, 3.05) is 12.3 Å². The maximum atomic E-state index is 12.1. The number of nitrogens with one attached hydrogen (secondary N) is 1. The van der Waals surface area contributed by atoms with Gasteiger partial charge in [-0.15, -0.1) is 0 Å². The Morgan fingerprint density at radius 2 is 2.05 bits per heavy atom. The Kier molecular flexibility index (Phi) is 5.79. The highest BCUT2D eigenvalue weighted by Crippen LogP contribution is 2.24. The summed E-state index contributed by atoms with van der Waals surface area (Å²) in [6.07, 6.45) is -0.145. The summed E-state index contributed by atoms with van der Waals surface area (Å²) in [6, 6.07) is 4.47. The molecule has 1 atom stereocenters. The molecule has 19 heavy (non-hydrogen) atoms. The molecule has 0 fully saturated rings. The van der Waals surface area contributed by atoms with E-state index in [9.17, 15) is 13.5 Å². The number of nitrogens with two attached hydrogens (primary N) is 1. The zero-order chi connectivity index (χ0) is 14.6. The van der Waals surface area contributed by atoms with Gasteiger partial charge in [-0.05, 0) is 46.5 Å². The van der Waals surface area contributed by atoms with Gasteiger partial charge in [0.15, 0.2) is 0 Å². The highest BCUT2D eigenvalue weighted by atomic mass is 79.9. The minimum Gasteiger partial charge on any atom is -0.399 e. The lowest BCUT2D eigenvalue weighted by molar-refractivity contribution is 0.152. The summed E-state index contributed by atoms with van der Waals surface area (Å²) in [5.74, 6) is 0.308. The Labute approximate surface area is 122 Å². The highest BCUT2D eigenvalue weighted by Gasteiger charge is 2.19. The molecule has 0 aliphatic heterocycles. The molecule has 1 unspecified atom stereocenters. The second-order valence-corrected chi connectivity index (χ2v) is 7.41. The van der Waals surface area contributed by atoms with E-state index in [1.165, 1.54) is 18.2 Å². The van der Waals surface area contributed by atoms with Crippen LogP contribution in [0.5, 0.6) is 0 Å². The van der Waals surface area contributed by atoms with Gasteiger partial charge in [0.25, 0.3) is 0 Å². The van der Waals surface area contributed by atoms with Gasteiger partial charge in [0, 0.05) is 16.7 Å². The van der Waals surface area contributed by atoms with Gasteiger partial charge in [-0.3, -0.25) is 0 Å². The number of hydrogen-bond acceptors (Lipinski definition) is 4. The van der Waals surface area contributed by atoms with Crippen LogP contribution < -0.4 is 10.5 Å². The molecular weight excluding hydrogens is 332 g/mol. The summed E-state index contributed by atoms with van der Waals surface area (Å²) in [7, 11) is -3.65. The standard InChI is InChI=1S/C12H19BrN2O3S/c1-8(2)5-10(16)7-15-19(17,18)12-4-3-9(14)6-11(12)13/h3-4,6,8,10,15-16H,5,7,14H2,1-2H3. The molecule has 0 aromatic heterocycles. The van der Waals surface area contributed by atoms with E-state index < -0.39 is 16.1 Å². The van der Waals surface area contributed by atoms with Gasteiger partial charge >= 0.3 is 0 Å². The number of rotatable bonds is 6. The van der Waals surface area contributed by atoms with Crippen LogP contribution in [0, 0.1) is 5.92 Å². The van der Waals surface area contributed by atoms with E-state index in [0.29, 0.717) is 22.5 Å². The average molecular weight is 351 g/mol. The van der Waals surface area contributed by atoms with Crippen molar-refractivity contribution in [1.29, 1.82) is 0 Å². The summed E-state index contributed by atoms with van der Waals surface area (Å²) in [4.78, 5) is 0.110. The topological polar surface area (TPSA) is 92.4 Å². The predicted molar refractivity (Wildman–Crippen MR) is 79.2 cm³/mol. The molecule has 0 heterocycles. The molecule has 0 aliphatic carbocycles. The SMILES string of the molecule is CC(C)CC(O)CNS(=O)(=O)c1ccc(N)cc1Br. The summed E-state index contributed by atoms with van der Waals surface area (Å²) >= 11 is 3.17. The van der Waals surface area contributed by atoms with Gasteiger partial charge in [0.2, 0.25) is 10.0 Å². The average Bonchev–Trinajstić information content (AvgIpc) is 2.25. The highest BCUT2D eigenvalue weighted by molar-refractivity contribution is 9.10. The van der Waals surface area contributed by atoms with Crippen LogP contribution in [0.15, 0.2) is 27.6 Å². The fourth-order valence-corrected chi connectivity index (χ4v) is 3.81. The van der Waals surface area contributed by atoms with Gasteiger partial charge in [0.1, 0.15) is 0 Å². The lowest BCUT2D eigenvalue weighted by atomic mass is 10.1. The smallest absolute Gasteiger partial charge is 0.241 e. The Hall–Kier alpha value is -0.630. The zero-order valence-corrected chi connectivity index (χ0v) is 13.3. The summed E-state index contributed by atoms with van der Waals surface area (Å²) in [5.41, 5.74) is 6.04. The number of anilines is 1. The van der Waals surface area contributed by atoms with Crippen molar-refractivity contribution in [3.8, 4) is 0 Å². The van der Waals surface area contributed by atoms with Crippen LogP contribution in [0.2, 0.25) is 0 Å². The Balaban J connectivity index is 2.76. The summed E-state index contributed by atoms with van der Waals surface area (Å²) < 4.78 is 26.9. The van der Waals surface area contributed by atoms with Crippen molar-refractivity contribution < 1.29 is 13.5 Å². The first-order valence-corrected chi connectivity index (χ1v) is 8.22. The molecule has 0 saturated carbocycles.